The lowest BCUT2D eigenvalue weighted by atomic mass is 10.1. The van der Waals surface area contributed by atoms with Crippen molar-refractivity contribution in [2.24, 2.45) is 0 Å². The SMILES string of the molecule is C=CCOCC(O)CN(Cc1ccccc1F)C(C)C. The lowest BCUT2D eigenvalue weighted by Gasteiger charge is -2.28. The summed E-state index contributed by atoms with van der Waals surface area (Å²) >= 11 is 0. The average molecular weight is 281 g/mol. The maximum Gasteiger partial charge on any atom is 0.127 e. The van der Waals surface area contributed by atoms with Crippen LogP contribution in [0.5, 0.6) is 0 Å². The molecule has 1 rings (SSSR count). The van der Waals surface area contributed by atoms with E-state index < -0.39 is 6.10 Å². The van der Waals surface area contributed by atoms with Crippen LogP contribution in [0.3, 0.4) is 0 Å². The Morgan fingerprint density at radius 1 is 1.40 bits per heavy atom. The maximum absolute atomic E-state index is 13.7. The molecular formula is C16H24FNO2. The van der Waals surface area contributed by atoms with E-state index in [1.807, 2.05) is 24.8 Å². The molecule has 0 radical (unpaired) electrons. The van der Waals surface area contributed by atoms with Crippen LogP contribution in [0.1, 0.15) is 19.4 Å². The van der Waals surface area contributed by atoms with E-state index in [1.165, 1.54) is 6.07 Å². The number of aliphatic hydroxyl groups excluding tert-OH is 1. The smallest absolute Gasteiger partial charge is 0.127 e. The van der Waals surface area contributed by atoms with Gasteiger partial charge in [-0.25, -0.2) is 4.39 Å². The minimum atomic E-state index is -0.593. The summed E-state index contributed by atoms with van der Waals surface area (Å²) in [4.78, 5) is 2.03. The van der Waals surface area contributed by atoms with Crippen LogP contribution >= 0.6 is 0 Å². The van der Waals surface area contributed by atoms with Crippen molar-refractivity contribution in [2.75, 3.05) is 19.8 Å². The number of aliphatic hydroxyl groups is 1. The molecule has 0 aliphatic rings. The van der Waals surface area contributed by atoms with E-state index in [-0.39, 0.29) is 18.5 Å². The van der Waals surface area contributed by atoms with Crippen LogP contribution in [0.15, 0.2) is 36.9 Å². The molecule has 20 heavy (non-hydrogen) atoms. The molecule has 3 nitrogen and oxygen atoms in total. The summed E-state index contributed by atoms with van der Waals surface area (Å²) in [5, 5.41) is 9.95. The molecule has 0 heterocycles. The van der Waals surface area contributed by atoms with Gasteiger partial charge in [-0.1, -0.05) is 24.3 Å². The van der Waals surface area contributed by atoms with E-state index in [4.69, 9.17) is 4.74 Å². The van der Waals surface area contributed by atoms with Gasteiger partial charge in [0.25, 0.3) is 0 Å². The molecule has 0 amide bonds. The van der Waals surface area contributed by atoms with E-state index in [9.17, 15) is 9.50 Å². The van der Waals surface area contributed by atoms with Gasteiger partial charge in [-0.05, 0) is 19.9 Å². The minimum Gasteiger partial charge on any atom is -0.389 e. The Morgan fingerprint density at radius 2 is 2.10 bits per heavy atom. The topological polar surface area (TPSA) is 32.7 Å². The summed E-state index contributed by atoms with van der Waals surface area (Å²) in [6.45, 7) is 9.21. The molecule has 0 aliphatic heterocycles. The fourth-order valence-electron chi connectivity index (χ4n) is 1.91. The van der Waals surface area contributed by atoms with Crippen molar-refractivity contribution in [1.82, 2.24) is 4.90 Å². The van der Waals surface area contributed by atoms with Crippen LogP contribution in [-0.2, 0) is 11.3 Å². The quantitative estimate of drug-likeness (QED) is 0.558. The van der Waals surface area contributed by atoms with Crippen LogP contribution < -0.4 is 0 Å². The Balaban J connectivity index is 2.56. The minimum absolute atomic E-state index is 0.212. The number of ether oxygens (including phenoxy) is 1. The molecule has 0 bridgehead atoms. The molecule has 0 saturated carbocycles. The van der Waals surface area contributed by atoms with Crippen molar-refractivity contribution in [3.63, 3.8) is 0 Å². The van der Waals surface area contributed by atoms with Crippen LogP contribution in [0, 0.1) is 5.82 Å². The Labute approximate surface area is 120 Å². The molecule has 112 valence electrons. The number of rotatable bonds is 9. The summed E-state index contributed by atoms with van der Waals surface area (Å²) in [6, 6.07) is 6.93. The highest BCUT2D eigenvalue weighted by atomic mass is 19.1. The van der Waals surface area contributed by atoms with Crippen LogP contribution in [0.4, 0.5) is 4.39 Å². The maximum atomic E-state index is 13.7. The normalized spacial score (nSPS) is 12.9. The van der Waals surface area contributed by atoms with Gasteiger partial charge in [0.1, 0.15) is 5.82 Å². The van der Waals surface area contributed by atoms with Crippen molar-refractivity contribution >= 4 is 0 Å². The third-order valence-corrected chi connectivity index (χ3v) is 3.05. The zero-order chi connectivity index (χ0) is 15.0. The van der Waals surface area contributed by atoms with Crippen molar-refractivity contribution in [3.8, 4) is 0 Å². The highest BCUT2D eigenvalue weighted by molar-refractivity contribution is 5.17. The number of hydrogen-bond acceptors (Lipinski definition) is 3. The summed E-state index contributed by atoms with van der Waals surface area (Å²) in [6.07, 6.45) is 1.05. The van der Waals surface area contributed by atoms with Crippen molar-refractivity contribution in [3.05, 3.63) is 48.3 Å². The highest BCUT2D eigenvalue weighted by Gasteiger charge is 2.16. The summed E-state index contributed by atoms with van der Waals surface area (Å²) in [5.74, 6) is -0.212. The summed E-state index contributed by atoms with van der Waals surface area (Å²) < 4.78 is 18.9. The standard InChI is InChI=1S/C16H24FNO2/c1-4-9-20-12-15(19)11-18(13(2)3)10-14-7-5-6-8-16(14)17/h4-8,13,15,19H,1,9-12H2,2-3H3. The third-order valence-electron chi connectivity index (χ3n) is 3.05. The second-order valence-corrected chi connectivity index (χ2v) is 5.09. The summed E-state index contributed by atoms with van der Waals surface area (Å²) in [5.41, 5.74) is 0.639. The molecule has 0 saturated heterocycles. The lowest BCUT2D eigenvalue weighted by molar-refractivity contribution is 0.0176. The van der Waals surface area contributed by atoms with E-state index in [2.05, 4.69) is 6.58 Å². The molecular weight excluding hydrogens is 257 g/mol. The van der Waals surface area contributed by atoms with E-state index in [1.54, 1.807) is 18.2 Å². The molecule has 4 heteroatoms. The predicted octanol–water partition coefficient (Wildman–Crippen LogP) is 2.60. The molecule has 1 aromatic carbocycles. The molecule has 0 fully saturated rings. The Bertz CT molecular complexity index is 409. The molecule has 0 aromatic heterocycles. The first kappa shape index (κ1) is 16.8. The van der Waals surface area contributed by atoms with Gasteiger partial charge >= 0.3 is 0 Å². The molecule has 1 N–H and O–H groups in total. The van der Waals surface area contributed by atoms with Gasteiger partial charge in [0, 0.05) is 24.7 Å². The summed E-state index contributed by atoms with van der Waals surface area (Å²) in [7, 11) is 0. The van der Waals surface area contributed by atoms with E-state index in [0.717, 1.165) is 0 Å². The number of benzene rings is 1. The van der Waals surface area contributed by atoms with Gasteiger partial charge in [-0.3, -0.25) is 4.90 Å². The van der Waals surface area contributed by atoms with Crippen molar-refractivity contribution < 1.29 is 14.2 Å². The second kappa shape index (κ2) is 8.84. The van der Waals surface area contributed by atoms with Gasteiger partial charge in [-0.15, -0.1) is 6.58 Å². The van der Waals surface area contributed by atoms with Crippen molar-refractivity contribution in [2.45, 2.75) is 32.5 Å². The van der Waals surface area contributed by atoms with Gasteiger partial charge in [0.05, 0.1) is 19.3 Å². The predicted molar refractivity (Wildman–Crippen MR) is 79.0 cm³/mol. The first-order valence-electron chi connectivity index (χ1n) is 6.88. The Morgan fingerprint density at radius 3 is 2.70 bits per heavy atom. The molecule has 1 aromatic rings. The highest BCUT2D eigenvalue weighted by Crippen LogP contribution is 2.12. The zero-order valence-electron chi connectivity index (χ0n) is 12.3. The molecule has 1 unspecified atom stereocenters. The number of hydrogen-bond donors (Lipinski definition) is 1. The molecule has 0 spiro atoms. The Kier molecular flexibility index (Phi) is 7.44. The fourth-order valence-corrected chi connectivity index (χ4v) is 1.91. The van der Waals surface area contributed by atoms with Gasteiger partial charge in [-0.2, -0.15) is 0 Å². The molecule has 1 atom stereocenters. The van der Waals surface area contributed by atoms with Gasteiger partial charge < -0.3 is 9.84 Å². The van der Waals surface area contributed by atoms with E-state index in [0.29, 0.717) is 25.3 Å². The second-order valence-electron chi connectivity index (χ2n) is 5.09. The van der Waals surface area contributed by atoms with Crippen LogP contribution in [-0.4, -0.2) is 41.9 Å². The first-order valence-corrected chi connectivity index (χ1v) is 6.88. The molecule has 0 aliphatic carbocycles. The largest absolute Gasteiger partial charge is 0.389 e. The zero-order valence-corrected chi connectivity index (χ0v) is 12.3. The number of halogens is 1. The monoisotopic (exact) mass is 281 g/mol. The van der Waals surface area contributed by atoms with Crippen molar-refractivity contribution in [1.29, 1.82) is 0 Å². The third kappa shape index (κ3) is 5.82. The van der Waals surface area contributed by atoms with E-state index >= 15 is 0 Å². The average Bonchev–Trinajstić information content (AvgIpc) is 2.40. The van der Waals surface area contributed by atoms with Gasteiger partial charge in [0.15, 0.2) is 0 Å². The van der Waals surface area contributed by atoms with Gasteiger partial charge in [0.2, 0.25) is 0 Å². The lowest BCUT2D eigenvalue weighted by Crippen LogP contribution is -2.39. The first-order chi connectivity index (χ1) is 9.54. The van der Waals surface area contributed by atoms with Crippen LogP contribution in [0.25, 0.3) is 0 Å². The number of nitrogens with zero attached hydrogens (tertiary/aromatic N) is 1. The fraction of sp³-hybridized carbons (Fsp3) is 0.500. The Hall–Kier alpha value is -1.23. The van der Waals surface area contributed by atoms with Crippen LogP contribution in [0.2, 0.25) is 0 Å².